The third kappa shape index (κ3) is 4.16. The summed E-state index contributed by atoms with van der Waals surface area (Å²) in [5, 5.41) is 0. The smallest absolute Gasteiger partial charge is 0.229 e. The maximum Gasteiger partial charge on any atom is 0.229 e. The maximum atomic E-state index is 12.1. The van der Waals surface area contributed by atoms with Gasteiger partial charge in [-0.25, -0.2) is 0 Å². The van der Waals surface area contributed by atoms with Gasteiger partial charge in [0.05, 0.1) is 8.67 Å². The molecule has 2 nitrogen and oxygen atoms in total. The largest absolute Gasteiger partial charge is 0.290 e. The van der Waals surface area contributed by atoms with E-state index < -0.39 is 5.78 Å². The molecule has 2 heterocycles. The molecule has 2 aromatic heterocycles. The molecular weight excluding hydrogens is 347 g/mol. The van der Waals surface area contributed by atoms with Crippen LogP contribution in [0.2, 0.25) is 8.67 Å². The molecule has 0 aliphatic rings. The van der Waals surface area contributed by atoms with Crippen molar-refractivity contribution in [3.8, 4) is 0 Å². The molecule has 0 saturated heterocycles. The number of carbonyl (C=O) groups excluding carboxylic acids is 2. The van der Waals surface area contributed by atoms with Crippen molar-refractivity contribution in [2.45, 2.75) is 33.1 Å². The van der Waals surface area contributed by atoms with Crippen molar-refractivity contribution in [3.63, 3.8) is 0 Å². The number of carbonyl (C=O) groups is 2. The molecule has 2 rings (SSSR count). The number of Topliss-reactive ketones (excluding diaryl/α,β-unsaturated/α-hetero) is 2. The van der Waals surface area contributed by atoms with Crippen LogP contribution in [0.1, 0.15) is 38.5 Å². The fourth-order valence-corrected chi connectivity index (χ4v) is 4.55. The topological polar surface area (TPSA) is 34.1 Å². The average Bonchev–Trinajstić information content (AvgIpc) is 2.90. The molecule has 0 aromatic carbocycles. The van der Waals surface area contributed by atoms with Crippen molar-refractivity contribution < 1.29 is 9.59 Å². The third-order valence-electron chi connectivity index (χ3n) is 3.23. The van der Waals surface area contributed by atoms with Crippen LogP contribution in [-0.2, 0) is 11.2 Å². The van der Waals surface area contributed by atoms with Crippen LogP contribution < -0.4 is 0 Å². The van der Waals surface area contributed by atoms with Gasteiger partial charge in [-0.15, -0.1) is 22.7 Å². The van der Waals surface area contributed by atoms with Crippen LogP contribution in [0.5, 0.6) is 0 Å². The Balaban J connectivity index is 1.91. The van der Waals surface area contributed by atoms with E-state index in [-0.39, 0.29) is 12.2 Å². The highest BCUT2D eigenvalue weighted by atomic mass is 35.5. The number of aryl methyl sites for hydroxylation is 3. The average molecular weight is 361 g/mol. The van der Waals surface area contributed by atoms with E-state index in [0.717, 1.165) is 21.2 Å². The summed E-state index contributed by atoms with van der Waals surface area (Å²) in [6.07, 6.45) is 1.66. The highest BCUT2D eigenvalue weighted by molar-refractivity contribution is 7.16. The second-order valence-electron chi connectivity index (χ2n) is 4.76. The summed E-state index contributed by atoms with van der Waals surface area (Å²) >= 11 is 14.7. The van der Waals surface area contributed by atoms with E-state index in [1.54, 1.807) is 13.0 Å². The van der Waals surface area contributed by atoms with Gasteiger partial charge in [0, 0.05) is 21.7 Å². The molecule has 0 amide bonds. The Bertz CT molecular complexity index is 686. The second-order valence-corrected chi connectivity index (χ2v) is 8.53. The third-order valence-corrected chi connectivity index (χ3v) is 5.63. The Morgan fingerprint density at radius 3 is 2.19 bits per heavy atom. The predicted molar refractivity (Wildman–Crippen MR) is 90.4 cm³/mol. The lowest BCUT2D eigenvalue weighted by Crippen LogP contribution is -2.14. The van der Waals surface area contributed by atoms with E-state index in [1.165, 1.54) is 27.6 Å². The summed E-state index contributed by atoms with van der Waals surface area (Å²) in [5.41, 5.74) is 1.59. The number of hydrogen-bond donors (Lipinski definition) is 0. The predicted octanol–water partition coefficient (Wildman–Crippen LogP) is 5.51. The number of halogens is 2. The molecule has 0 aliphatic carbocycles. The van der Waals surface area contributed by atoms with Gasteiger partial charge in [0.1, 0.15) is 0 Å². The number of thiophene rings is 2. The van der Waals surface area contributed by atoms with Gasteiger partial charge in [-0.2, -0.15) is 0 Å². The number of rotatable bonds is 6. The van der Waals surface area contributed by atoms with E-state index in [1.807, 2.05) is 13.0 Å². The summed E-state index contributed by atoms with van der Waals surface area (Å²) in [6, 6.07) is 3.50. The van der Waals surface area contributed by atoms with Gasteiger partial charge in [0.2, 0.25) is 11.6 Å². The van der Waals surface area contributed by atoms with E-state index in [0.29, 0.717) is 16.3 Å². The molecule has 0 radical (unpaired) electrons. The lowest BCUT2D eigenvalue weighted by Gasteiger charge is -2.01. The van der Waals surface area contributed by atoms with E-state index in [4.69, 9.17) is 23.2 Å². The molecule has 0 spiro atoms. The zero-order chi connectivity index (χ0) is 15.6. The molecule has 0 N–H and O–H groups in total. The quantitative estimate of drug-likeness (QED) is 0.502. The first-order valence-electron chi connectivity index (χ1n) is 6.46. The Labute approximate surface area is 141 Å². The maximum absolute atomic E-state index is 12.1. The lowest BCUT2D eigenvalue weighted by molar-refractivity contribution is -0.115. The van der Waals surface area contributed by atoms with Crippen molar-refractivity contribution >= 4 is 57.4 Å². The van der Waals surface area contributed by atoms with E-state index in [9.17, 15) is 9.59 Å². The summed E-state index contributed by atoms with van der Waals surface area (Å²) in [4.78, 5) is 26.0. The summed E-state index contributed by atoms with van der Waals surface area (Å²) in [6.45, 7) is 3.81. The minimum Gasteiger partial charge on any atom is -0.290 e. The minimum absolute atomic E-state index is 0.249. The number of hydrogen-bond acceptors (Lipinski definition) is 4. The highest BCUT2D eigenvalue weighted by Gasteiger charge is 2.20. The first-order valence-corrected chi connectivity index (χ1v) is 8.85. The van der Waals surface area contributed by atoms with Crippen molar-refractivity contribution in [3.05, 3.63) is 41.7 Å². The van der Waals surface area contributed by atoms with Gasteiger partial charge in [0.25, 0.3) is 0 Å². The molecule has 6 heteroatoms. The Kier molecular flexibility index (Phi) is 5.60. The zero-order valence-electron chi connectivity index (χ0n) is 11.7. The van der Waals surface area contributed by atoms with Crippen molar-refractivity contribution in [2.75, 3.05) is 0 Å². The molecule has 112 valence electrons. The number of ketones is 2. The Morgan fingerprint density at radius 2 is 1.67 bits per heavy atom. The second kappa shape index (κ2) is 7.05. The fourth-order valence-electron chi connectivity index (χ4n) is 2.10. The first kappa shape index (κ1) is 16.7. The van der Waals surface area contributed by atoms with Crippen LogP contribution in [0.3, 0.4) is 0 Å². The lowest BCUT2D eigenvalue weighted by atomic mass is 10.0. The first-order chi connectivity index (χ1) is 9.88. The van der Waals surface area contributed by atoms with Gasteiger partial charge in [-0.05, 0) is 44.4 Å². The molecular formula is C15H14Cl2O2S2. The molecule has 0 bridgehead atoms. The van der Waals surface area contributed by atoms with Gasteiger partial charge < -0.3 is 0 Å². The van der Waals surface area contributed by atoms with Crippen LogP contribution in [-0.4, -0.2) is 11.6 Å². The Hall–Kier alpha value is -0.680. The van der Waals surface area contributed by atoms with Crippen LogP contribution in [0.15, 0.2) is 12.1 Å². The minimum atomic E-state index is -0.435. The van der Waals surface area contributed by atoms with Gasteiger partial charge >= 0.3 is 0 Å². The van der Waals surface area contributed by atoms with Crippen molar-refractivity contribution in [1.82, 2.24) is 0 Å². The van der Waals surface area contributed by atoms with Crippen LogP contribution in [0, 0.1) is 13.8 Å². The van der Waals surface area contributed by atoms with Gasteiger partial charge in [-0.1, -0.05) is 23.2 Å². The van der Waals surface area contributed by atoms with E-state index >= 15 is 0 Å². The van der Waals surface area contributed by atoms with E-state index in [2.05, 4.69) is 0 Å². The van der Waals surface area contributed by atoms with Crippen LogP contribution in [0.4, 0.5) is 0 Å². The van der Waals surface area contributed by atoms with Gasteiger partial charge in [0.15, 0.2) is 0 Å². The SMILES string of the molecule is Cc1sc(Cl)cc1CCCC(=O)C(=O)c1cc(Cl)sc1C. The molecule has 21 heavy (non-hydrogen) atoms. The van der Waals surface area contributed by atoms with Crippen LogP contribution >= 0.6 is 45.9 Å². The molecule has 2 aromatic rings. The Morgan fingerprint density at radius 1 is 1.05 bits per heavy atom. The summed E-state index contributed by atoms with van der Waals surface area (Å²) < 4.78 is 1.29. The molecule has 0 fully saturated rings. The van der Waals surface area contributed by atoms with Crippen molar-refractivity contribution in [1.29, 1.82) is 0 Å². The van der Waals surface area contributed by atoms with Crippen molar-refractivity contribution in [2.24, 2.45) is 0 Å². The highest BCUT2D eigenvalue weighted by Crippen LogP contribution is 2.28. The molecule has 0 unspecified atom stereocenters. The van der Waals surface area contributed by atoms with Gasteiger partial charge in [-0.3, -0.25) is 9.59 Å². The standard InChI is InChI=1S/C15H14Cl2O2S2/c1-8-10(6-13(16)20-8)4-3-5-12(18)15(19)11-7-14(17)21-9(11)2/h6-7H,3-5H2,1-2H3. The summed E-state index contributed by atoms with van der Waals surface area (Å²) in [7, 11) is 0. The van der Waals surface area contributed by atoms with Crippen LogP contribution in [0.25, 0.3) is 0 Å². The normalized spacial score (nSPS) is 10.9. The molecule has 0 atom stereocenters. The summed E-state index contributed by atoms with van der Waals surface area (Å²) in [5.74, 6) is -0.790. The molecule has 0 aliphatic heterocycles. The zero-order valence-corrected chi connectivity index (χ0v) is 14.8. The monoisotopic (exact) mass is 360 g/mol. The molecule has 0 saturated carbocycles. The fraction of sp³-hybridized carbons (Fsp3) is 0.333.